The van der Waals surface area contributed by atoms with Crippen LogP contribution in [0.15, 0.2) is 0 Å². The third-order valence-electron chi connectivity index (χ3n) is 4.10. The van der Waals surface area contributed by atoms with Gasteiger partial charge >= 0.3 is 0 Å². The van der Waals surface area contributed by atoms with Gasteiger partial charge in [-0.05, 0) is 25.7 Å². The second-order valence-electron chi connectivity index (χ2n) is 5.57. The van der Waals surface area contributed by atoms with Gasteiger partial charge in [0.25, 0.3) is 0 Å². The molecular weight excluding hydrogens is 260 g/mol. The molecule has 0 bridgehead atoms. The molecule has 1 aliphatic rings. The van der Waals surface area contributed by atoms with E-state index < -0.39 is 0 Å². The van der Waals surface area contributed by atoms with Gasteiger partial charge in [0.15, 0.2) is 5.65 Å². The molecule has 2 atom stereocenters. The van der Waals surface area contributed by atoms with Crippen LogP contribution >= 0.6 is 11.6 Å². The Morgan fingerprint density at radius 1 is 1.42 bits per heavy atom. The van der Waals surface area contributed by atoms with Crippen molar-refractivity contribution in [1.29, 1.82) is 0 Å². The van der Waals surface area contributed by atoms with Crippen LogP contribution in [0.2, 0.25) is 0 Å². The third-order valence-corrected chi connectivity index (χ3v) is 4.29. The van der Waals surface area contributed by atoms with Crippen molar-refractivity contribution in [2.24, 2.45) is 13.0 Å². The zero-order chi connectivity index (χ0) is 13.6. The first-order valence-electron chi connectivity index (χ1n) is 7.13. The molecule has 0 spiro atoms. The summed E-state index contributed by atoms with van der Waals surface area (Å²) >= 11 is 5.93. The largest absolute Gasteiger partial charge is 0.309 e. The maximum absolute atomic E-state index is 5.93. The van der Waals surface area contributed by atoms with Crippen molar-refractivity contribution >= 4 is 22.8 Å². The Labute approximate surface area is 118 Å². The van der Waals surface area contributed by atoms with Gasteiger partial charge in [0.1, 0.15) is 11.3 Å². The van der Waals surface area contributed by atoms with Crippen LogP contribution < -0.4 is 0 Å². The van der Waals surface area contributed by atoms with Crippen LogP contribution in [0, 0.1) is 12.8 Å². The maximum atomic E-state index is 5.93. The first-order chi connectivity index (χ1) is 9.17. The Bertz CT molecular complexity index is 598. The number of fused-ring (bicyclic) bond motifs is 1. The Balaban J connectivity index is 2.07. The molecule has 1 fully saturated rings. The van der Waals surface area contributed by atoms with Crippen LogP contribution in [-0.2, 0) is 13.5 Å². The van der Waals surface area contributed by atoms with Gasteiger partial charge in [0, 0.05) is 25.4 Å². The van der Waals surface area contributed by atoms with E-state index >= 15 is 0 Å². The number of hydrogen-bond acceptors (Lipinski definition) is 2. The average molecular weight is 281 g/mol. The van der Waals surface area contributed by atoms with E-state index in [9.17, 15) is 0 Å². The van der Waals surface area contributed by atoms with Crippen molar-refractivity contribution in [3.05, 3.63) is 11.5 Å². The Hall–Kier alpha value is -1.03. The lowest BCUT2D eigenvalue weighted by atomic mass is 10.2. The normalized spacial score (nSPS) is 22.3. The summed E-state index contributed by atoms with van der Waals surface area (Å²) in [6.45, 7) is 4.29. The first-order valence-corrected chi connectivity index (χ1v) is 7.67. The van der Waals surface area contributed by atoms with Crippen molar-refractivity contribution in [3.63, 3.8) is 0 Å². The Kier molecular flexibility index (Phi) is 3.29. The van der Waals surface area contributed by atoms with Crippen molar-refractivity contribution in [2.75, 3.05) is 5.88 Å². The molecule has 1 saturated carbocycles. The highest BCUT2D eigenvalue weighted by molar-refractivity contribution is 6.17. The van der Waals surface area contributed by atoms with Crippen molar-refractivity contribution in [3.8, 4) is 0 Å². The van der Waals surface area contributed by atoms with E-state index in [4.69, 9.17) is 16.6 Å². The molecule has 0 amide bonds. The van der Waals surface area contributed by atoms with Gasteiger partial charge in [-0.25, -0.2) is 4.98 Å². The van der Waals surface area contributed by atoms with Crippen LogP contribution in [-0.4, -0.2) is 25.2 Å². The number of aromatic nitrogens is 4. The number of rotatable bonds is 5. The number of nitrogens with zero attached hydrogens (tertiary/aromatic N) is 4. The summed E-state index contributed by atoms with van der Waals surface area (Å²) in [5, 5.41) is 4.49. The molecule has 3 rings (SSSR count). The average Bonchev–Trinajstić information content (AvgIpc) is 2.92. The van der Waals surface area contributed by atoms with Crippen molar-refractivity contribution < 1.29 is 0 Å². The van der Waals surface area contributed by atoms with Gasteiger partial charge in [-0.15, -0.1) is 11.6 Å². The van der Waals surface area contributed by atoms with Gasteiger partial charge in [-0.3, -0.25) is 4.68 Å². The van der Waals surface area contributed by atoms with Gasteiger partial charge in [0.05, 0.1) is 5.69 Å². The molecule has 0 aliphatic heterocycles. The number of hydrogen-bond donors (Lipinski definition) is 0. The van der Waals surface area contributed by atoms with Gasteiger partial charge < -0.3 is 4.57 Å². The fraction of sp³-hybridized carbons (Fsp3) is 0.714. The smallest absolute Gasteiger partial charge is 0.158 e. The molecule has 2 unspecified atom stereocenters. The van der Waals surface area contributed by atoms with E-state index in [-0.39, 0.29) is 0 Å². The molecule has 5 heteroatoms. The lowest BCUT2D eigenvalue weighted by molar-refractivity contribution is 0.586. The maximum Gasteiger partial charge on any atom is 0.158 e. The van der Waals surface area contributed by atoms with E-state index in [0.29, 0.717) is 11.9 Å². The highest BCUT2D eigenvalue weighted by Gasteiger charge is 2.40. The quantitative estimate of drug-likeness (QED) is 0.789. The highest BCUT2D eigenvalue weighted by atomic mass is 35.5. The standard InChI is InChI=1S/C14H21ClN4/c1-4-5-10-8-11(10)19-12(6-7-15)16-13-9(2)17-18(3)14(13)19/h10-11H,4-8H2,1-3H3. The molecule has 19 heavy (non-hydrogen) atoms. The second kappa shape index (κ2) is 4.82. The molecule has 4 nitrogen and oxygen atoms in total. The molecule has 0 aromatic carbocycles. The summed E-state index contributed by atoms with van der Waals surface area (Å²) in [6, 6.07) is 0.609. The summed E-state index contributed by atoms with van der Waals surface area (Å²) in [6.07, 6.45) is 4.68. The fourth-order valence-corrected chi connectivity index (χ4v) is 3.35. The Morgan fingerprint density at radius 3 is 2.89 bits per heavy atom. The first kappa shape index (κ1) is 13.0. The molecule has 104 valence electrons. The minimum absolute atomic E-state index is 0.609. The molecule has 0 radical (unpaired) electrons. The molecule has 2 heterocycles. The zero-order valence-electron chi connectivity index (χ0n) is 11.9. The summed E-state index contributed by atoms with van der Waals surface area (Å²) in [5.41, 5.74) is 3.23. The molecule has 2 aromatic rings. The number of imidazole rings is 1. The predicted molar refractivity (Wildman–Crippen MR) is 77.7 cm³/mol. The number of halogens is 1. The van der Waals surface area contributed by atoms with Gasteiger partial charge in [0.2, 0.25) is 0 Å². The predicted octanol–water partition coefficient (Wildman–Crippen LogP) is 3.22. The van der Waals surface area contributed by atoms with E-state index in [1.165, 1.54) is 24.9 Å². The molecule has 2 aromatic heterocycles. The third kappa shape index (κ3) is 2.06. The minimum atomic E-state index is 0.609. The van der Waals surface area contributed by atoms with Gasteiger partial charge in [-0.2, -0.15) is 5.10 Å². The molecular formula is C14H21ClN4. The van der Waals surface area contributed by atoms with Crippen molar-refractivity contribution in [1.82, 2.24) is 19.3 Å². The minimum Gasteiger partial charge on any atom is -0.309 e. The van der Waals surface area contributed by atoms with Crippen LogP contribution in [0.5, 0.6) is 0 Å². The zero-order valence-corrected chi connectivity index (χ0v) is 12.6. The number of alkyl halides is 1. The summed E-state index contributed by atoms with van der Waals surface area (Å²) in [7, 11) is 2.01. The van der Waals surface area contributed by atoms with Crippen molar-refractivity contribution in [2.45, 2.75) is 45.6 Å². The van der Waals surface area contributed by atoms with Gasteiger partial charge in [-0.1, -0.05) is 13.3 Å². The SMILES string of the molecule is CCCC1CC1n1c(CCCl)nc2c(C)nn(C)c21. The lowest BCUT2D eigenvalue weighted by Crippen LogP contribution is -2.07. The summed E-state index contributed by atoms with van der Waals surface area (Å²) < 4.78 is 4.37. The molecule has 0 N–H and O–H groups in total. The summed E-state index contributed by atoms with van der Waals surface area (Å²) in [4.78, 5) is 4.77. The number of aryl methyl sites for hydroxylation is 3. The lowest BCUT2D eigenvalue weighted by Gasteiger charge is -2.08. The van der Waals surface area contributed by atoms with Crippen LogP contribution in [0.25, 0.3) is 11.2 Å². The summed E-state index contributed by atoms with van der Waals surface area (Å²) in [5.74, 6) is 2.57. The van der Waals surface area contributed by atoms with Crippen LogP contribution in [0.3, 0.4) is 0 Å². The highest BCUT2D eigenvalue weighted by Crippen LogP contribution is 2.48. The molecule has 1 aliphatic carbocycles. The van der Waals surface area contributed by atoms with E-state index in [1.54, 1.807) is 0 Å². The monoisotopic (exact) mass is 280 g/mol. The second-order valence-corrected chi connectivity index (χ2v) is 5.95. The fourth-order valence-electron chi connectivity index (χ4n) is 3.18. The van der Waals surface area contributed by atoms with Crippen LogP contribution in [0.1, 0.15) is 43.7 Å². The van der Waals surface area contributed by atoms with E-state index in [0.717, 1.165) is 29.4 Å². The molecule has 0 saturated heterocycles. The topological polar surface area (TPSA) is 35.6 Å². The van der Waals surface area contributed by atoms with Crippen LogP contribution in [0.4, 0.5) is 0 Å². The Morgan fingerprint density at radius 2 is 2.21 bits per heavy atom. The van der Waals surface area contributed by atoms with E-state index in [1.807, 2.05) is 18.7 Å². The van der Waals surface area contributed by atoms with E-state index in [2.05, 4.69) is 16.6 Å².